The highest BCUT2D eigenvalue weighted by atomic mass is 16.2. The number of carbonyl (C=O) groups is 1. The van der Waals surface area contributed by atoms with Gasteiger partial charge in [-0.25, -0.2) is 0 Å². The average Bonchev–Trinajstić information content (AvgIpc) is 2.40. The molecule has 102 valence electrons. The number of aliphatic hydroxyl groups is 1. The molecule has 0 saturated heterocycles. The van der Waals surface area contributed by atoms with Crippen LogP contribution in [0.2, 0.25) is 0 Å². The van der Waals surface area contributed by atoms with Crippen LogP contribution in [0.3, 0.4) is 0 Å². The summed E-state index contributed by atoms with van der Waals surface area (Å²) in [7, 11) is 0. The molecule has 1 aliphatic rings. The highest BCUT2D eigenvalue weighted by Gasteiger charge is 2.20. The molecule has 0 aromatic heterocycles. The second kappa shape index (κ2) is 7.40. The molecular formula is C16H26O2. The number of hydrogen-bond acceptors (Lipinski definition) is 2. The molecule has 2 heteroatoms. The smallest absolute Gasteiger partial charge is 0.136 e. The second-order valence-electron chi connectivity index (χ2n) is 5.62. The molecule has 1 rings (SSSR count). The van der Waals surface area contributed by atoms with Crippen LogP contribution in [-0.2, 0) is 4.79 Å². The van der Waals surface area contributed by atoms with E-state index in [1.54, 1.807) is 6.08 Å². The van der Waals surface area contributed by atoms with Crippen LogP contribution in [0.5, 0.6) is 0 Å². The van der Waals surface area contributed by atoms with Crippen molar-refractivity contribution in [2.75, 3.05) is 0 Å². The number of aliphatic hydroxyl groups excluding tert-OH is 1. The molecule has 0 saturated carbocycles. The number of hydrogen-bond donors (Lipinski definition) is 1. The van der Waals surface area contributed by atoms with E-state index < -0.39 is 0 Å². The predicted molar refractivity (Wildman–Crippen MR) is 75.4 cm³/mol. The second-order valence-corrected chi connectivity index (χ2v) is 5.62. The summed E-state index contributed by atoms with van der Waals surface area (Å²) in [6, 6.07) is 0. The van der Waals surface area contributed by atoms with Crippen molar-refractivity contribution in [3.05, 3.63) is 24.0 Å². The Morgan fingerprint density at radius 2 is 2.17 bits per heavy atom. The SMILES string of the molecule is CC1C/C=C(/[C@@H](C)C/C=C/O)[C@@H](C)CCCC1=O. The Kier molecular flexibility index (Phi) is 6.17. The Bertz CT molecular complexity index is 328. The third-order valence-electron chi connectivity index (χ3n) is 4.05. The van der Waals surface area contributed by atoms with Gasteiger partial charge in [0, 0.05) is 12.3 Å². The lowest BCUT2D eigenvalue weighted by molar-refractivity contribution is -0.122. The fraction of sp³-hybridized carbons (Fsp3) is 0.688. The molecule has 3 atom stereocenters. The maximum absolute atomic E-state index is 11.8. The molecule has 0 heterocycles. The third-order valence-corrected chi connectivity index (χ3v) is 4.05. The molecular weight excluding hydrogens is 224 g/mol. The molecule has 1 unspecified atom stereocenters. The van der Waals surface area contributed by atoms with Crippen LogP contribution >= 0.6 is 0 Å². The summed E-state index contributed by atoms with van der Waals surface area (Å²) in [5, 5.41) is 8.76. The van der Waals surface area contributed by atoms with Gasteiger partial charge in [0.2, 0.25) is 0 Å². The Balaban J connectivity index is 2.79. The van der Waals surface area contributed by atoms with Crippen molar-refractivity contribution >= 4 is 5.78 Å². The Labute approximate surface area is 111 Å². The van der Waals surface area contributed by atoms with Gasteiger partial charge in [0.1, 0.15) is 5.78 Å². The zero-order valence-electron chi connectivity index (χ0n) is 11.9. The summed E-state index contributed by atoms with van der Waals surface area (Å²) in [4.78, 5) is 11.8. The van der Waals surface area contributed by atoms with Gasteiger partial charge in [-0.3, -0.25) is 4.79 Å². The van der Waals surface area contributed by atoms with Gasteiger partial charge in [0.05, 0.1) is 6.26 Å². The van der Waals surface area contributed by atoms with E-state index in [0.29, 0.717) is 17.6 Å². The minimum Gasteiger partial charge on any atom is -0.516 e. The van der Waals surface area contributed by atoms with E-state index in [2.05, 4.69) is 19.9 Å². The molecule has 0 spiro atoms. The lowest BCUT2D eigenvalue weighted by Crippen LogP contribution is -2.09. The minimum atomic E-state index is 0.158. The standard InChI is InChI=1S/C16H26O2/c1-12-6-4-8-16(18)14(3)9-10-15(12)13(2)7-5-11-17/h5,10-14,17H,4,6-9H2,1-3H3/b11-5+,15-10+/t12-,13-,14?/m0/s1. The minimum absolute atomic E-state index is 0.158. The number of Topliss-reactive ketones (excluding diaryl/α,β-unsaturated/α-hetero) is 1. The van der Waals surface area contributed by atoms with E-state index in [0.717, 1.165) is 38.4 Å². The van der Waals surface area contributed by atoms with E-state index in [4.69, 9.17) is 5.11 Å². The summed E-state index contributed by atoms with van der Waals surface area (Å²) in [5.74, 6) is 1.56. The molecule has 1 N–H and O–H groups in total. The van der Waals surface area contributed by atoms with E-state index in [-0.39, 0.29) is 5.92 Å². The molecule has 0 aromatic rings. The predicted octanol–water partition coefficient (Wildman–Crippen LogP) is 4.43. The Morgan fingerprint density at radius 1 is 1.44 bits per heavy atom. The molecule has 18 heavy (non-hydrogen) atoms. The van der Waals surface area contributed by atoms with Crippen molar-refractivity contribution in [3.8, 4) is 0 Å². The first-order valence-electron chi connectivity index (χ1n) is 7.08. The maximum atomic E-state index is 11.8. The van der Waals surface area contributed by atoms with Crippen molar-refractivity contribution in [2.24, 2.45) is 17.8 Å². The van der Waals surface area contributed by atoms with Crippen molar-refractivity contribution in [1.82, 2.24) is 0 Å². The lowest BCUT2D eigenvalue weighted by Gasteiger charge is -2.21. The molecule has 1 aliphatic carbocycles. The monoisotopic (exact) mass is 250 g/mol. The number of carbonyl (C=O) groups excluding carboxylic acids is 1. The van der Waals surface area contributed by atoms with Crippen molar-refractivity contribution in [1.29, 1.82) is 0 Å². The fourth-order valence-corrected chi connectivity index (χ4v) is 2.73. The van der Waals surface area contributed by atoms with Crippen LogP contribution in [0.15, 0.2) is 24.0 Å². The lowest BCUT2D eigenvalue weighted by atomic mass is 9.84. The van der Waals surface area contributed by atoms with E-state index in [9.17, 15) is 4.79 Å². The summed E-state index contributed by atoms with van der Waals surface area (Å²) in [5.41, 5.74) is 1.45. The molecule has 0 aromatic carbocycles. The first kappa shape index (κ1) is 15.0. The topological polar surface area (TPSA) is 37.3 Å². The fourth-order valence-electron chi connectivity index (χ4n) is 2.73. The zero-order chi connectivity index (χ0) is 13.5. The van der Waals surface area contributed by atoms with Crippen molar-refractivity contribution in [2.45, 2.75) is 52.9 Å². The van der Waals surface area contributed by atoms with Crippen LogP contribution in [0.25, 0.3) is 0 Å². The summed E-state index contributed by atoms with van der Waals surface area (Å²) in [6.07, 6.45) is 9.77. The van der Waals surface area contributed by atoms with E-state index >= 15 is 0 Å². The average molecular weight is 250 g/mol. The molecule has 0 bridgehead atoms. The number of ketones is 1. The molecule has 0 fully saturated rings. The van der Waals surface area contributed by atoms with Crippen molar-refractivity contribution in [3.63, 3.8) is 0 Å². The highest BCUT2D eigenvalue weighted by molar-refractivity contribution is 5.80. The highest BCUT2D eigenvalue weighted by Crippen LogP contribution is 2.30. The van der Waals surface area contributed by atoms with Crippen LogP contribution in [0, 0.1) is 17.8 Å². The van der Waals surface area contributed by atoms with Gasteiger partial charge in [0.15, 0.2) is 0 Å². The summed E-state index contributed by atoms with van der Waals surface area (Å²) < 4.78 is 0. The van der Waals surface area contributed by atoms with Gasteiger partial charge in [-0.05, 0) is 43.6 Å². The van der Waals surface area contributed by atoms with E-state index in [1.807, 2.05) is 6.92 Å². The van der Waals surface area contributed by atoms with Crippen LogP contribution in [-0.4, -0.2) is 10.9 Å². The first-order valence-corrected chi connectivity index (χ1v) is 7.08. The quantitative estimate of drug-likeness (QED) is 0.594. The van der Waals surface area contributed by atoms with Crippen LogP contribution in [0.1, 0.15) is 52.9 Å². The maximum Gasteiger partial charge on any atom is 0.136 e. The Hall–Kier alpha value is -1.05. The van der Waals surface area contributed by atoms with Gasteiger partial charge < -0.3 is 5.11 Å². The molecule has 0 aliphatic heterocycles. The molecule has 0 amide bonds. The zero-order valence-corrected chi connectivity index (χ0v) is 11.9. The van der Waals surface area contributed by atoms with Gasteiger partial charge in [-0.15, -0.1) is 0 Å². The third kappa shape index (κ3) is 4.32. The largest absolute Gasteiger partial charge is 0.516 e. The summed E-state index contributed by atoms with van der Waals surface area (Å²) >= 11 is 0. The number of allylic oxidation sites excluding steroid dienone is 3. The van der Waals surface area contributed by atoms with E-state index in [1.165, 1.54) is 5.57 Å². The van der Waals surface area contributed by atoms with Gasteiger partial charge in [-0.2, -0.15) is 0 Å². The van der Waals surface area contributed by atoms with Crippen LogP contribution < -0.4 is 0 Å². The van der Waals surface area contributed by atoms with Gasteiger partial charge in [0.25, 0.3) is 0 Å². The van der Waals surface area contributed by atoms with Crippen LogP contribution in [0.4, 0.5) is 0 Å². The van der Waals surface area contributed by atoms with Gasteiger partial charge in [-0.1, -0.05) is 32.4 Å². The Morgan fingerprint density at radius 3 is 2.83 bits per heavy atom. The van der Waals surface area contributed by atoms with Gasteiger partial charge >= 0.3 is 0 Å². The normalized spacial score (nSPS) is 31.3. The summed E-state index contributed by atoms with van der Waals surface area (Å²) in [6.45, 7) is 6.49. The number of rotatable bonds is 3. The molecule has 0 radical (unpaired) electrons. The molecule has 2 nitrogen and oxygen atoms in total. The van der Waals surface area contributed by atoms with Crippen molar-refractivity contribution < 1.29 is 9.90 Å². The first-order chi connectivity index (χ1) is 8.56.